The summed E-state index contributed by atoms with van der Waals surface area (Å²) in [5.41, 5.74) is 3.28. The molecule has 0 spiro atoms. The highest BCUT2D eigenvalue weighted by molar-refractivity contribution is 5.84. The Morgan fingerprint density at radius 1 is 0.920 bits per heavy atom. The van der Waals surface area contributed by atoms with Gasteiger partial charge in [0.1, 0.15) is 5.82 Å². The summed E-state index contributed by atoms with van der Waals surface area (Å²) in [5, 5.41) is 5.92. The predicted octanol–water partition coefficient (Wildman–Crippen LogP) is 4.50. The molecular formula is C20H15FN4. The number of aromatic nitrogens is 4. The van der Waals surface area contributed by atoms with Crippen molar-refractivity contribution >= 4 is 10.9 Å². The highest BCUT2D eigenvalue weighted by atomic mass is 19.1. The predicted molar refractivity (Wildman–Crippen MR) is 94.0 cm³/mol. The van der Waals surface area contributed by atoms with Crippen LogP contribution in [-0.4, -0.2) is 19.7 Å². The van der Waals surface area contributed by atoms with Crippen LogP contribution in [0, 0.1) is 5.82 Å². The van der Waals surface area contributed by atoms with Crippen molar-refractivity contribution in [2.75, 3.05) is 0 Å². The fourth-order valence-electron chi connectivity index (χ4n) is 3.17. The lowest BCUT2D eigenvalue weighted by atomic mass is 10.1. The monoisotopic (exact) mass is 330 g/mol. The van der Waals surface area contributed by atoms with Gasteiger partial charge in [-0.25, -0.2) is 14.4 Å². The molecule has 5 rings (SSSR count). The topological polar surface area (TPSA) is 43.6 Å². The molecule has 4 aromatic rings. The molecule has 2 aromatic carbocycles. The summed E-state index contributed by atoms with van der Waals surface area (Å²) in [4.78, 5) is 8.86. The number of benzene rings is 2. The Bertz CT molecular complexity index is 1060. The minimum atomic E-state index is -0.278. The fourth-order valence-corrected chi connectivity index (χ4v) is 3.17. The van der Waals surface area contributed by atoms with Crippen LogP contribution in [0.3, 0.4) is 0 Å². The maximum absolute atomic E-state index is 13.9. The summed E-state index contributed by atoms with van der Waals surface area (Å²) in [7, 11) is 0. The van der Waals surface area contributed by atoms with Crippen LogP contribution in [0.25, 0.3) is 28.0 Å². The van der Waals surface area contributed by atoms with Gasteiger partial charge in [-0.15, -0.1) is 0 Å². The first-order chi connectivity index (χ1) is 12.3. The molecule has 1 fully saturated rings. The van der Waals surface area contributed by atoms with E-state index >= 15 is 0 Å². The third kappa shape index (κ3) is 2.39. The quantitative estimate of drug-likeness (QED) is 0.555. The molecule has 0 bridgehead atoms. The van der Waals surface area contributed by atoms with Gasteiger partial charge in [-0.3, -0.25) is 0 Å². The maximum atomic E-state index is 13.9. The Kier molecular flexibility index (Phi) is 3.13. The molecule has 2 heterocycles. The molecule has 2 aromatic heterocycles. The average molecular weight is 330 g/mol. The Hall–Kier alpha value is -3.08. The summed E-state index contributed by atoms with van der Waals surface area (Å²) >= 11 is 0. The molecule has 122 valence electrons. The normalized spacial score (nSPS) is 14.1. The van der Waals surface area contributed by atoms with E-state index in [0.29, 0.717) is 23.0 Å². The van der Waals surface area contributed by atoms with Crippen molar-refractivity contribution in [3.8, 4) is 17.1 Å². The molecule has 1 saturated carbocycles. The highest BCUT2D eigenvalue weighted by Crippen LogP contribution is 2.42. The number of fused-ring (bicyclic) bond motifs is 1. The Labute approximate surface area is 144 Å². The van der Waals surface area contributed by atoms with E-state index in [0.717, 1.165) is 16.6 Å². The first-order valence-electron chi connectivity index (χ1n) is 8.36. The lowest BCUT2D eigenvalue weighted by Gasteiger charge is -2.05. The van der Waals surface area contributed by atoms with E-state index in [1.54, 1.807) is 35.3 Å². The van der Waals surface area contributed by atoms with Crippen LogP contribution >= 0.6 is 0 Å². The first-order valence-corrected chi connectivity index (χ1v) is 8.36. The summed E-state index contributed by atoms with van der Waals surface area (Å²) in [6.07, 6.45) is 5.67. The maximum Gasteiger partial charge on any atom is 0.251 e. The van der Waals surface area contributed by atoms with Gasteiger partial charge in [0.05, 0.1) is 11.2 Å². The van der Waals surface area contributed by atoms with E-state index in [1.807, 2.05) is 18.2 Å². The van der Waals surface area contributed by atoms with Crippen LogP contribution in [0.2, 0.25) is 0 Å². The average Bonchev–Trinajstić information content (AvgIpc) is 3.43. The number of rotatable bonds is 3. The Morgan fingerprint density at radius 3 is 2.40 bits per heavy atom. The second-order valence-corrected chi connectivity index (χ2v) is 6.34. The number of nitrogens with zero attached hydrogens (tertiary/aromatic N) is 4. The van der Waals surface area contributed by atoms with Crippen molar-refractivity contribution in [1.82, 2.24) is 19.7 Å². The second kappa shape index (κ2) is 5.48. The number of para-hydroxylation sites is 1. The van der Waals surface area contributed by atoms with Gasteiger partial charge in [-0.1, -0.05) is 36.4 Å². The van der Waals surface area contributed by atoms with Gasteiger partial charge >= 0.3 is 0 Å². The number of halogens is 1. The molecule has 5 heteroatoms. The van der Waals surface area contributed by atoms with E-state index < -0.39 is 0 Å². The third-order valence-corrected chi connectivity index (χ3v) is 4.59. The van der Waals surface area contributed by atoms with Crippen molar-refractivity contribution < 1.29 is 4.39 Å². The third-order valence-electron chi connectivity index (χ3n) is 4.59. The van der Waals surface area contributed by atoms with Gasteiger partial charge < -0.3 is 0 Å². The minimum absolute atomic E-state index is 0.278. The van der Waals surface area contributed by atoms with E-state index in [2.05, 4.69) is 16.0 Å². The second-order valence-electron chi connectivity index (χ2n) is 6.34. The molecule has 4 nitrogen and oxygen atoms in total. The minimum Gasteiger partial charge on any atom is -0.219 e. The molecule has 1 aliphatic rings. The van der Waals surface area contributed by atoms with Crippen molar-refractivity contribution in [3.63, 3.8) is 0 Å². The summed E-state index contributed by atoms with van der Waals surface area (Å²) < 4.78 is 15.7. The molecule has 0 atom stereocenters. The highest BCUT2D eigenvalue weighted by Gasteiger charge is 2.29. The summed E-state index contributed by atoms with van der Waals surface area (Å²) in [5.74, 6) is 0.770. The van der Waals surface area contributed by atoms with E-state index in [9.17, 15) is 4.39 Å². The van der Waals surface area contributed by atoms with Crippen molar-refractivity contribution in [2.45, 2.75) is 18.8 Å². The van der Waals surface area contributed by atoms with Crippen LogP contribution in [-0.2, 0) is 0 Å². The fraction of sp³-hybridized carbons (Fsp3) is 0.150. The van der Waals surface area contributed by atoms with E-state index in [1.165, 1.54) is 18.9 Å². The molecule has 1 aliphatic carbocycles. The smallest absolute Gasteiger partial charge is 0.219 e. The molecular weight excluding hydrogens is 315 g/mol. The van der Waals surface area contributed by atoms with Gasteiger partial charge in [0.25, 0.3) is 5.95 Å². The Morgan fingerprint density at radius 2 is 1.64 bits per heavy atom. The molecule has 0 amide bonds. The number of hydrogen-bond acceptors (Lipinski definition) is 3. The molecule has 0 saturated heterocycles. The van der Waals surface area contributed by atoms with Crippen molar-refractivity contribution in [1.29, 1.82) is 0 Å². The number of hydrogen-bond donors (Lipinski definition) is 0. The summed E-state index contributed by atoms with van der Waals surface area (Å²) in [6, 6.07) is 14.8. The zero-order chi connectivity index (χ0) is 16.8. The van der Waals surface area contributed by atoms with Gasteiger partial charge in [0, 0.05) is 34.8 Å². The van der Waals surface area contributed by atoms with Gasteiger partial charge in [0.2, 0.25) is 0 Å². The van der Waals surface area contributed by atoms with Crippen molar-refractivity contribution in [2.24, 2.45) is 0 Å². The van der Waals surface area contributed by atoms with E-state index in [-0.39, 0.29) is 5.82 Å². The SMILES string of the molecule is Fc1ccccc1-c1cnc(-n2nc(C3CC3)c3ccccc32)nc1. The van der Waals surface area contributed by atoms with Crippen LogP contribution in [0.1, 0.15) is 24.5 Å². The summed E-state index contributed by atoms with van der Waals surface area (Å²) in [6.45, 7) is 0. The molecule has 0 radical (unpaired) electrons. The molecule has 0 N–H and O–H groups in total. The molecule has 0 aliphatic heterocycles. The van der Waals surface area contributed by atoms with Gasteiger partial charge in [0.15, 0.2) is 0 Å². The van der Waals surface area contributed by atoms with Gasteiger partial charge in [-0.05, 0) is 25.0 Å². The van der Waals surface area contributed by atoms with Crippen LogP contribution < -0.4 is 0 Å². The zero-order valence-electron chi connectivity index (χ0n) is 13.4. The Balaban J connectivity index is 1.60. The lowest BCUT2D eigenvalue weighted by molar-refractivity contribution is 0.631. The standard InChI is InChI=1S/C20H15FN4/c21-17-7-3-1-5-15(17)14-11-22-20(23-12-14)25-18-8-4-2-6-16(18)19(24-25)13-9-10-13/h1-8,11-13H,9-10H2. The van der Waals surface area contributed by atoms with Crippen LogP contribution in [0.4, 0.5) is 4.39 Å². The lowest BCUT2D eigenvalue weighted by Crippen LogP contribution is -2.03. The largest absolute Gasteiger partial charge is 0.251 e. The van der Waals surface area contributed by atoms with Crippen molar-refractivity contribution in [3.05, 3.63) is 72.4 Å². The first kappa shape index (κ1) is 14.3. The van der Waals surface area contributed by atoms with E-state index in [4.69, 9.17) is 5.10 Å². The molecule has 0 unspecified atom stereocenters. The van der Waals surface area contributed by atoms with Crippen LogP contribution in [0.5, 0.6) is 0 Å². The van der Waals surface area contributed by atoms with Gasteiger partial charge in [-0.2, -0.15) is 9.78 Å². The zero-order valence-corrected chi connectivity index (χ0v) is 13.4. The van der Waals surface area contributed by atoms with Crippen LogP contribution in [0.15, 0.2) is 60.9 Å². The molecule has 25 heavy (non-hydrogen) atoms.